The van der Waals surface area contributed by atoms with Gasteiger partial charge in [0.05, 0.1) is 17.1 Å². The Kier molecular flexibility index (Phi) is 5.51. The third-order valence-corrected chi connectivity index (χ3v) is 3.25. The molecule has 0 aromatic heterocycles. The molecule has 0 saturated carbocycles. The molecule has 0 bridgehead atoms. The second kappa shape index (κ2) is 7.77. The standard InChI is InChI=1S/C15H12N4O6/c16-18-17-11-3-4-12(14(21)6-11)15(22)25-8-9-1-2-10(7-20)13(5-9)19(23)24/h1-6,20-21H,7-8H2. The van der Waals surface area contributed by atoms with Crippen LogP contribution in [0.15, 0.2) is 41.5 Å². The molecule has 0 unspecified atom stereocenters. The Hall–Kier alpha value is -3.62. The second-order valence-corrected chi connectivity index (χ2v) is 4.85. The van der Waals surface area contributed by atoms with Crippen molar-refractivity contribution in [2.75, 3.05) is 0 Å². The van der Waals surface area contributed by atoms with Gasteiger partial charge >= 0.3 is 5.97 Å². The SMILES string of the molecule is [N-]=[N+]=Nc1ccc(C(=O)OCc2ccc(CO)c([N+](=O)[O-])c2)c(O)c1. The van der Waals surface area contributed by atoms with Crippen molar-refractivity contribution in [2.24, 2.45) is 5.11 Å². The van der Waals surface area contributed by atoms with E-state index in [1.807, 2.05) is 0 Å². The number of aliphatic hydroxyl groups excluding tert-OH is 1. The lowest BCUT2D eigenvalue weighted by Gasteiger charge is -2.08. The summed E-state index contributed by atoms with van der Waals surface area (Å²) < 4.78 is 5.02. The van der Waals surface area contributed by atoms with Crippen LogP contribution in [-0.4, -0.2) is 21.1 Å². The van der Waals surface area contributed by atoms with Gasteiger partial charge in [-0.15, -0.1) is 0 Å². The Balaban J connectivity index is 2.13. The molecule has 10 nitrogen and oxygen atoms in total. The maximum atomic E-state index is 12.0. The van der Waals surface area contributed by atoms with E-state index in [-0.39, 0.29) is 29.1 Å². The van der Waals surface area contributed by atoms with Gasteiger partial charge in [0.1, 0.15) is 17.9 Å². The number of nitrogens with zero attached hydrogens (tertiary/aromatic N) is 4. The summed E-state index contributed by atoms with van der Waals surface area (Å²) in [7, 11) is 0. The van der Waals surface area contributed by atoms with Gasteiger partial charge in [-0.25, -0.2) is 4.79 Å². The summed E-state index contributed by atoms with van der Waals surface area (Å²) in [6, 6.07) is 7.72. The van der Waals surface area contributed by atoms with Crippen LogP contribution in [0.1, 0.15) is 21.5 Å². The van der Waals surface area contributed by atoms with E-state index in [2.05, 4.69) is 10.0 Å². The maximum absolute atomic E-state index is 12.0. The van der Waals surface area contributed by atoms with Gasteiger partial charge in [-0.3, -0.25) is 10.1 Å². The van der Waals surface area contributed by atoms with Gasteiger partial charge in [0.2, 0.25) is 0 Å². The second-order valence-electron chi connectivity index (χ2n) is 4.85. The number of esters is 1. The number of hydrogen-bond donors (Lipinski definition) is 2. The zero-order chi connectivity index (χ0) is 18.4. The van der Waals surface area contributed by atoms with Crippen molar-refractivity contribution in [3.8, 4) is 5.75 Å². The largest absolute Gasteiger partial charge is 0.507 e. The van der Waals surface area contributed by atoms with Gasteiger partial charge in [-0.1, -0.05) is 17.2 Å². The van der Waals surface area contributed by atoms with E-state index in [1.165, 1.54) is 30.3 Å². The van der Waals surface area contributed by atoms with Gasteiger partial charge in [0.15, 0.2) is 0 Å². The highest BCUT2D eigenvalue weighted by atomic mass is 16.6. The molecule has 128 valence electrons. The van der Waals surface area contributed by atoms with E-state index in [1.54, 1.807) is 0 Å². The summed E-state index contributed by atoms with van der Waals surface area (Å²) in [4.78, 5) is 24.8. The first-order valence-corrected chi connectivity index (χ1v) is 6.88. The summed E-state index contributed by atoms with van der Waals surface area (Å²) in [5.41, 5.74) is 8.52. The van der Waals surface area contributed by atoms with E-state index < -0.39 is 23.2 Å². The summed E-state index contributed by atoms with van der Waals surface area (Å²) in [6.45, 7) is -0.745. The van der Waals surface area contributed by atoms with Crippen LogP contribution < -0.4 is 0 Å². The normalized spacial score (nSPS) is 9.96. The fourth-order valence-electron chi connectivity index (χ4n) is 2.04. The molecule has 0 aliphatic heterocycles. The molecule has 0 fully saturated rings. The van der Waals surface area contributed by atoms with Crippen LogP contribution in [0.5, 0.6) is 5.75 Å². The fraction of sp³-hybridized carbons (Fsp3) is 0.133. The minimum absolute atomic E-state index is 0.131. The third kappa shape index (κ3) is 4.22. The first kappa shape index (κ1) is 17.7. The first-order chi connectivity index (χ1) is 12.0. The van der Waals surface area contributed by atoms with E-state index in [0.29, 0.717) is 5.56 Å². The summed E-state index contributed by atoms with van der Waals surface area (Å²) in [5.74, 6) is -1.27. The first-order valence-electron chi connectivity index (χ1n) is 6.88. The number of aromatic hydroxyl groups is 1. The Morgan fingerprint density at radius 3 is 2.68 bits per heavy atom. The Morgan fingerprint density at radius 2 is 2.08 bits per heavy atom. The minimum atomic E-state index is -0.848. The molecule has 2 aromatic carbocycles. The number of ether oxygens (including phenoxy) is 1. The monoisotopic (exact) mass is 344 g/mol. The minimum Gasteiger partial charge on any atom is -0.507 e. The van der Waals surface area contributed by atoms with Gasteiger partial charge in [-0.2, -0.15) is 0 Å². The number of phenols is 1. The van der Waals surface area contributed by atoms with Gasteiger partial charge in [0, 0.05) is 16.7 Å². The van der Waals surface area contributed by atoms with Crippen molar-refractivity contribution < 1.29 is 24.7 Å². The highest BCUT2D eigenvalue weighted by Crippen LogP contribution is 2.25. The Bertz CT molecular complexity index is 876. The lowest BCUT2D eigenvalue weighted by molar-refractivity contribution is -0.385. The zero-order valence-electron chi connectivity index (χ0n) is 12.7. The Morgan fingerprint density at radius 1 is 1.32 bits per heavy atom. The quantitative estimate of drug-likeness (QED) is 0.204. The maximum Gasteiger partial charge on any atom is 0.342 e. The number of nitro groups is 1. The molecule has 0 spiro atoms. The molecule has 2 rings (SSSR count). The Labute approximate surface area is 140 Å². The third-order valence-electron chi connectivity index (χ3n) is 3.25. The van der Waals surface area contributed by atoms with Crippen molar-refractivity contribution in [3.05, 3.63) is 73.6 Å². The molecule has 10 heteroatoms. The number of hydrogen-bond acceptors (Lipinski definition) is 7. The number of aliphatic hydroxyl groups is 1. The molecule has 0 aliphatic rings. The average molecular weight is 344 g/mol. The fourth-order valence-corrected chi connectivity index (χ4v) is 2.04. The smallest absolute Gasteiger partial charge is 0.342 e. The van der Waals surface area contributed by atoms with E-state index >= 15 is 0 Å². The number of phenolic OH excluding ortho intramolecular Hbond substituents is 1. The molecule has 0 amide bonds. The number of nitro benzene ring substituents is 1. The van der Waals surface area contributed by atoms with Gasteiger partial charge in [0.25, 0.3) is 5.69 Å². The van der Waals surface area contributed by atoms with Crippen LogP contribution in [0.25, 0.3) is 10.4 Å². The summed E-state index contributed by atoms with van der Waals surface area (Å²) in [6.07, 6.45) is 0. The molecule has 0 saturated heterocycles. The van der Waals surface area contributed by atoms with Crippen LogP contribution in [0.4, 0.5) is 11.4 Å². The molecule has 25 heavy (non-hydrogen) atoms. The van der Waals surface area contributed by atoms with Crippen molar-refractivity contribution in [2.45, 2.75) is 13.2 Å². The lowest BCUT2D eigenvalue weighted by atomic mass is 10.1. The molecule has 2 aromatic rings. The van der Waals surface area contributed by atoms with Crippen molar-refractivity contribution in [1.29, 1.82) is 0 Å². The van der Waals surface area contributed by atoms with Crippen molar-refractivity contribution in [1.82, 2.24) is 0 Å². The highest BCUT2D eigenvalue weighted by molar-refractivity contribution is 5.92. The molecule has 0 heterocycles. The molecule has 0 atom stereocenters. The van der Waals surface area contributed by atoms with E-state index in [4.69, 9.17) is 15.4 Å². The van der Waals surface area contributed by atoms with Crippen molar-refractivity contribution in [3.63, 3.8) is 0 Å². The predicted octanol–water partition coefficient (Wildman–Crippen LogP) is 3.09. The zero-order valence-corrected chi connectivity index (χ0v) is 12.7. The summed E-state index contributed by atoms with van der Waals surface area (Å²) >= 11 is 0. The summed E-state index contributed by atoms with van der Waals surface area (Å²) in [5, 5.41) is 33.1. The van der Waals surface area contributed by atoms with Crippen LogP contribution >= 0.6 is 0 Å². The number of azide groups is 1. The average Bonchev–Trinajstić information content (AvgIpc) is 2.59. The van der Waals surface area contributed by atoms with Crippen molar-refractivity contribution >= 4 is 17.3 Å². The van der Waals surface area contributed by atoms with Crippen LogP contribution in [0.3, 0.4) is 0 Å². The number of carbonyl (C=O) groups excluding carboxylic acids is 1. The van der Waals surface area contributed by atoms with E-state index in [0.717, 1.165) is 6.07 Å². The van der Waals surface area contributed by atoms with Gasteiger partial charge < -0.3 is 14.9 Å². The number of rotatable bonds is 6. The highest BCUT2D eigenvalue weighted by Gasteiger charge is 2.16. The van der Waals surface area contributed by atoms with Crippen LogP contribution in [0, 0.1) is 10.1 Å². The van der Waals surface area contributed by atoms with Gasteiger partial charge in [-0.05, 0) is 29.3 Å². The van der Waals surface area contributed by atoms with Crippen LogP contribution in [0.2, 0.25) is 0 Å². The number of carbonyl (C=O) groups is 1. The van der Waals surface area contributed by atoms with E-state index in [9.17, 15) is 20.0 Å². The van der Waals surface area contributed by atoms with Crippen LogP contribution in [-0.2, 0) is 18.0 Å². The lowest BCUT2D eigenvalue weighted by Crippen LogP contribution is -2.06. The molecule has 2 N–H and O–H groups in total. The predicted molar refractivity (Wildman–Crippen MR) is 85.1 cm³/mol. The molecule has 0 aliphatic carbocycles. The number of benzene rings is 2. The molecular weight excluding hydrogens is 332 g/mol. The molecular formula is C15H12N4O6. The topological polar surface area (TPSA) is 159 Å². The molecule has 0 radical (unpaired) electrons.